The fraction of sp³-hybridized carbons (Fsp3) is 0.429. The van der Waals surface area contributed by atoms with E-state index in [9.17, 15) is 29.4 Å². The lowest BCUT2D eigenvalue weighted by molar-refractivity contribution is -0.151. The van der Waals surface area contributed by atoms with Crippen molar-refractivity contribution in [3.05, 3.63) is 46.9 Å². The van der Waals surface area contributed by atoms with Gasteiger partial charge in [-0.05, 0) is 35.1 Å². The third-order valence-electron chi connectivity index (χ3n) is 6.90. The van der Waals surface area contributed by atoms with E-state index in [1.165, 1.54) is 26.6 Å². The van der Waals surface area contributed by atoms with Crippen molar-refractivity contribution in [2.24, 2.45) is 32.7 Å². The minimum Gasteiger partial charge on any atom is -0.511 e. The average Bonchev–Trinajstić information content (AvgIpc) is 2.82. The molecule has 2 aliphatic rings. The molecule has 2 N–H and O–H groups in total. The van der Waals surface area contributed by atoms with Crippen LogP contribution in [0.4, 0.5) is 11.4 Å². The zero-order chi connectivity index (χ0) is 28.4. The fourth-order valence-electron chi connectivity index (χ4n) is 4.84. The number of ether oxygens (including phenoxy) is 2. The van der Waals surface area contributed by atoms with Crippen molar-refractivity contribution >= 4 is 47.3 Å². The Hall–Kier alpha value is -4.08. The second-order valence-corrected chi connectivity index (χ2v) is 10.7. The molecule has 0 heterocycles. The predicted molar refractivity (Wildman–Crippen MR) is 140 cm³/mol. The highest BCUT2D eigenvalue weighted by atomic mass is 16.5. The molecule has 0 aromatic heterocycles. The number of nitrogens with zero attached hydrogens (tertiary/aromatic N) is 2. The van der Waals surface area contributed by atoms with Crippen molar-refractivity contribution in [3.63, 3.8) is 0 Å². The minimum absolute atomic E-state index is 0.0429. The van der Waals surface area contributed by atoms with Gasteiger partial charge in [-0.15, -0.1) is 0 Å². The number of carbonyl (C=O) groups excluding carboxylic acids is 4. The largest absolute Gasteiger partial charge is 0.511 e. The third kappa shape index (κ3) is 5.58. The van der Waals surface area contributed by atoms with E-state index in [1.807, 2.05) is 0 Å². The van der Waals surface area contributed by atoms with Gasteiger partial charge in [0.1, 0.15) is 23.4 Å². The van der Waals surface area contributed by atoms with Gasteiger partial charge >= 0.3 is 11.9 Å². The Morgan fingerprint density at radius 2 is 1.08 bits per heavy atom. The maximum absolute atomic E-state index is 12.6. The van der Waals surface area contributed by atoms with Crippen molar-refractivity contribution in [2.75, 3.05) is 14.2 Å². The van der Waals surface area contributed by atoms with Crippen LogP contribution in [0.3, 0.4) is 0 Å². The smallest absolute Gasteiger partial charge is 0.316 e. The van der Waals surface area contributed by atoms with Gasteiger partial charge in [0.25, 0.3) is 0 Å². The highest BCUT2D eigenvalue weighted by molar-refractivity contribution is 6.16. The number of hydrogen-bond donors (Lipinski definition) is 2. The van der Waals surface area contributed by atoms with Crippen LogP contribution in [0, 0.1) is 22.7 Å². The number of carbonyl (C=O) groups is 4. The van der Waals surface area contributed by atoms with Gasteiger partial charge in [-0.3, -0.25) is 29.2 Å². The lowest BCUT2D eigenvalue weighted by Crippen LogP contribution is -2.40. The molecule has 0 saturated heterocycles. The van der Waals surface area contributed by atoms with E-state index in [0.717, 1.165) is 0 Å². The Morgan fingerprint density at radius 3 is 1.37 bits per heavy atom. The number of Topliss-reactive ketones (excluding diaryl/α,β-unsaturated/α-hetero) is 2. The summed E-state index contributed by atoms with van der Waals surface area (Å²) in [5.74, 6) is -4.66. The number of aliphatic imine (C=N–C) groups is 2. The Balaban J connectivity index is 1.83. The van der Waals surface area contributed by atoms with Gasteiger partial charge < -0.3 is 19.7 Å². The van der Waals surface area contributed by atoms with E-state index in [-0.39, 0.29) is 47.1 Å². The second kappa shape index (κ2) is 10.7. The number of ketones is 2. The van der Waals surface area contributed by atoms with Crippen LogP contribution in [0.25, 0.3) is 0 Å². The zero-order valence-corrected chi connectivity index (χ0v) is 22.3. The average molecular weight is 525 g/mol. The lowest BCUT2D eigenvalue weighted by Gasteiger charge is -2.35. The number of esters is 2. The van der Waals surface area contributed by atoms with Crippen LogP contribution in [0.15, 0.2) is 56.9 Å². The van der Waals surface area contributed by atoms with Crippen molar-refractivity contribution in [1.82, 2.24) is 0 Å². The van der Waals surface area contributed by atoms with Crippen molar-refractivity contribution in [2.45, 2.75) is 40.5 Å². The molecular formula is C28H32N2O8. The number of aliphatic hydroxyl groups excluding tert-OH is 2. The van der Waals surface area contributed by atoms with E-state index < -0.39 is 34.6 Å². The van der Waals surface area contributed by atoms with E-state index in [2.05, 4.69) is 9.98 Å². The number of allylic oxidation sites excluding steroid dienone is 2. The number of methoxy groups -OCH3 is 2. The van der Waals surface area contributed by atoms with Gasteiger partial charge in [0.05, 0.1) is 36.7 Å². The van der Waals surface area contributed by atoms with Crippen molar-refractivity contribution in [1.29, 1.82) is 0 Å². The summed E-state index contributed by atoms with van der Waals surface area (Å²) in [5.41, 5.74) is -0.825. The summed E-state index contributed by atoms with van der Waals surface area (Å²) in [6.07, 6.45) is 2.53. The number of aliphatic hydroxyl groups is 2. The molecule has 202 valence electrons. The monoisotopic (exact) mass is 524 g/mol. The molecule has 0 saturated carbocycles. The normalized spacial score (nSPS) is 23.3. The maximum Gasteiger partial charge on any atom is 0.316 e. The summed E-state index contributed by atoms with van der Waals surface area (Å²) in [5, 5.41) is 21.3. The lowest BCUT2D eigenvalue weighted by atomic mass is 9.68. The Labute approximate surface area is 220 Å². The van der Waals surface area contributed by atoms with Crippen LogP contribution < -0.4 is 0 Å². The quantitative estimate of drug-likeness (QED) is 0.413. The summed E-state index contributed by atoms with van der Waals surface area (Å²) in [7, 11) is 2.44. The first-order chi connectivity index (χ1) is 17.7. The van der Waals surface area contributed by atoms with Crippen molar-refractivity contribution in [3.8, 4) is 0 Å². The van der Waals surface area contributed by atoms with Crippen molar-refractivity contribution < 1.29 is 38.9 Å². The molecule has 10 nitrogen and oxygen atoms in total. The molecule has 2 aliphatic carbocycles. The Kier molecular flexibility index (Phi) is 8.04. The van der Waals surface area contributed by atoms with Gasteiger partial charge in [0.2, 0.25) is 0 Å². The first kappa shape index (κ1) is 28.5. The molecule has 0 unspecified atom stereocenters. The molecular weight excluding hydrogens is 492 g/mol. The third-order valence-corrected chi connectivity index (χ3v) is 6.90. The van der Waals surface area contributed by atoms with Crippen LogP contribution in [0.1, 0.15) is 40.5 Å². The minimum atomic E-state index is -0.985. The second-order valence-electron chi connectivity index (χ2n) is 10.7. The van der Waals surface area contributed by atoms with Crippen LogP contribution >= 0.6 is 0 Å². The van der Waals surface area contributed by atoms with E-state index in [4.69, 9.17) is 9.47 Å². The zero-order valence-electron chi connectivity index (χ0n) is 22.3. The maximum atomic E-state index is 12.6. The molecule has 1 aromatic rings. The summed E-state index contributed by atoms with van der Waals surface area (Å²) < 4.78 is 9.61. The summed E-state index contributed by atoms with van der Waals surface area (Å²) in [6.45, 7) is 6.85. The molecule has 38 heavy (non-hydrogen) atoms. The molecule has 0 fully saturated rings. The molecule has 0 bridgehead atoms. The van der Waals surface area contributed by atoms with E-state index in [1.54, 1.807) is 52.0 Å². The Morgan fingerprint density at radius 1 is 0.763 bits per heavy atom. The van der Waals surface area contributed by atoms with Gasteiger partial charge in [-0.25, -0.2) is 0 Å². The number of benzene rings is 1. The molecule has 2 atom stereocenters. The highest BCUT2D eigenvalue weighted by Gasteiger charge is 2.47. The molecule has 0 amide bonds. The fourth-order valence-corrected chi connectivity index (χ4v) is 4.84. The van der Waals surface area contributed by atoms with Crippen LogP contribution in [0.2, 0.25) is 0 Å². The highest BCUT2D eigenvalue weighted by Crippen LogP contribution is 2.43. The first-order valence-corrected chi connectivity index (χ1v) is 12.0. The van der Waals surface area contributed by atoms with Gasteiger partial charge in [0, 0.05) is 25.3 Å². The van der Waals surface area contributed by atoms with Gasteiger partial charge in [-0.2, -0.15) is 0 Å². The Bertz CT molecular complexity index is 1180. The summed E-state index contributed by atoms with van der Waals surface area (Å²) in [4.78, 5) is 58.1. The summed E-state index contributed by atoms with van der Waals surface area (Å²) >= 11 is 0. The van der Waals surface area contributed by atoms with Gasteiger partial charge in [0.15, 0.2) is 11.6 Å². The molecule has 0 aliphatic heterocycles. The van der Waals surface area contributed by atoms with Crippen LogP contribution in [-0.2, 0) is 28.7 Å². The molecule has 3 rings (SSSR count). The SMILES string of the molecule is COC(=O)[C@@H]1C(O)=C(C=Nc2ccc(N=CC3=C(O)[C@H](C(=O)OC)C(C)(C)CC3=O)cc2)C(=O)CC1(C)C. The predicted octanol–water partition coefficient (Wildman–Crippen LogP) is 4.29. The number of rotatable bonds is 6. The number of hydrogen-bond acceptors (Lipinski definition) is 10. The standard InChI is InChI=1S/C28H32N2O8/c1-27(2)11-19(31)17(23(33)21(27)25(35)37-5)13-29-15-7-9-16(10-8-15)30-14-18-20(32)12-28(3,4)22(24(18)34)26(36)38-6/h7-10,13-14,21-22,33-34H,11-12H2,1-6H3/t21-,22+. The summed E-state index contributed by atoms with van der Waals surface area (Å²) in [6, 6.07) is 6.42. The van der Waals surface area contributed by atoms with Crippen LogP contribution in [0.5, 0.6) is 0 Å². The topological polar surface area (TPSA) is 152 Å². The van der Waals surface area contributed by atoms with Gasteiger partial charge in [-0.1, -0.05) is 27.7 Å². The van der Waals surface area contributed by atoms with Crippen LogP contribution in [-0.4, -0.2) is 60.4 Å². The molecule has 0 radical (unpaired) electrons. The van der Waals surface area contributed by atoms with E-state index >= 15 is 0 Å². The molecule has 10 heteroatoms. The molecule has 1 aromatic carbocycles. The molecule has 0 spiro atoms. The van der Waals surface area contributed by atoms with E-state index in [0.29, 0.717) is 11.4 Å². The first-order valence-electron chi connectivity index (χ1n) is 12.0.